The summed E-state index contributed by atoms with van der Waals surface area (Å²) in [6.07, 6.45) is 6.51. The van der Waals surface area contributed by atoms with Gasteiger partial charge in [0.25, 0.3) is 5.91 Å². The molecule has 0 aromatic carbocycles. The summed E-state index contributed by atoms with van der Waals surface area (Å²) in [5, 5.41) is 0. The molecule has 0 radical (unpaired) electrons. The Bertz CT molecular complexity index is 666. The molecule has 3 heterocycles. The minimum atomic E-state index is -0.707. The van der Waals surface area contributed by atoms with Crippen molar-refractivity contribution in [1.29, 1.82) is 0 Å². The number of likely N-dealkylation sites (N-methyl/N-ethyl adjacent to an activating group) is 1. The van der Waals surface area contributed by atoms with Gasteiger partial charge in [-0.1, -0.05) is 13.3 Å². The number of imide groups is 1. The monoisotopic (exact) mass is 377 g/mol. The van der Waals surface area contributed by atoms with Crippen molar-refractivity contribution in [3.05, 3.63) is 17.7 Å². The van der Waals surface area contributed by atoms with Gasteiger partial charge >= 0.3 is 6.03 Å². The van der Waals surface area contributed by atoms with E-state index in [1.165, 1.54) is 4.90 Å². The van der Waals surface area contributed by atoms with Crippen molar-refractivity contribution in [3.8, 4) is 0 Å². The maximum Gasteiger partial charge on any atom is 0.327 e. The van der Waals surface area contributed by atoms with E-state index in [1.54, 1.807) is 19.1 Å². The van der Waals surface area contributed by atoms with Crippen LogP contribution >= 0.6 is 0 Å². The average molecular weight is 377 g/mol. The Morgan fingerprint density at radius 1 is 1.30 bits per heavy atom. The lowest BCUT2D eigenvalue weighted by molar-refractivity contribution is -0.135. The first kappa shape index (κ1) is 19.8. The molecule has 1 aromatic heterocycles. The highest BCUT2D eigenvalue weighted by Crippen LogP contribution is 2.36. The van der Waals surface area contributed by atoms with Crippen molar-refractivity contribution >= 4 is 11.9 Å². The molecule has 0 unspecified atom stereocenters. The summed E-state index contributed by atoms with van der Waals surface area (Å²) in [4.78, 5) is 38.5. The van der Waals surface area contributed by atoms with Crippen molar-refractivity contribution in [3.63, 3.8) is 0 Å². The van der Waals surface area contributed by atoms with Crippen molar-refractivity contribution in [2.75, 3.05) is 40.4 Å². The summed E-state index contributed by atoms with van der Waals surface area (Å²) >= 11 is 0. The molecule has 8 nitrogen and oxygen atoms in total. The first-order chi connectivity index (χ1) is 13.0. The molecular formula is C19H31N5O3. The molecule has 1 N–H and O–H groups in total. The normalized spacial score (nSPS) is 20.3. The van der Waals surface area contributed by atoms with Gasteiger partial charge in [-0.15, -0.1) is 0 Å². The fraction of sp³-hybridized carbons (Fsp3) is 0.737. The van der Waals surface area contributed by atoms with Crippen LogP contribution in [0.1, 0.15) is 44.1 Å². The summed E-state index contributed by atoms with van der Waals surface area (Å²) in [5.41, 5.74) is 0.403. The van der Waals surface area contributed by atoms with Crippen LogP contribution in [-0.2, 0) is 22.5 Å². The van der Waals surface area contributed by atoms with Gasteiger partial charge in [-0.25, -0.2) is 9.78 Å². The van der Waals surface area contributed by atoms with Crippen LogP contribution in [0.5, 0.6) is 0 Å². The molecular weight excluding hydrogens is 346 g/mol. The van der Waals surface area contributed by atoms with Crippen LogP contribution < -0.4 is 0 Å². The summed E-state index contributed by atoms with van der Waals surface area (Å²) in [7, 11) is 3.19. The second-order valence-electron chi connectivity index (χ2n) is 7.56. The quantitative estimate of drug-likeness (QED) is 0.697. The Hall–Kier alpha value is -1.93. The predicted octanol–water partition coefficient (Wildman–Crippen LogP) is 1.63. The maximum absolute atomic E-state index is 12.8. The standard InChI is InChI=1S/C19H31N5O3/c1-4-5-6-16-20-13-15(21-16)14-23-9-7-19(8-10-23)17(25)22(2)18(26)24(19)11-12-27-3/h13H,4-12,14H2,1-3H3,(H,20,21). The number of imidazole rings is 1. The van der Waals surface area contributed by atoms with Crippen molar-refractivity contribution in [2.45, 2.75) is 51.1 Å². The number of hydrogen-bond acceptors (Lipinski definition) is 5. The second kappa shape index (κ2) is 8.39. The number of aromatic amines is 1. The number of H-pyrrole nitrogens is 1. The molecule has 2 fully saturated rings. The van der Waals surface area contributed by atoms with Crippen molar-refractivity contribution in [1.82, 2.24) is 24.7 Å². The van der Waals surface area contributed by atoms with E-state index in [-0.39, 0.29) is 11.9 Å². The summed E-state index contributed by atoms with van der Waals surface area (Å²) in [5.74, 6) is 0.968. The zero-order chi connectivity index (χ0) is 19.4. The van der Waals surface area contributed by atoms with Gasteiger partial charge in [0.15, 0.2) is 0 Å². The van der Waals surface area contributed by atoms with Gasteiger partial charge in [0.1, 0.15) is 11.4 Å². The van der Waals surface area contributed by atoms with Gasteiger partial charge in [-0.2, -0.15) is 0 Å². The Labute approximate surface area is 160 Å². The molecule has 0 saturated carbocycles. The van der Waals surface area contributed by atoms with Crippen LogP contribution in [0.4, 0.5) is 4.79 Å². The van der Waals surface area contributed by atoms with Gasteiger partial charge in [-0.05, 0) is 19.3 Å². The minimum absolute atomic E-state index is 0.0772. The first-order valence-electron chi connectivity index (χ1n) is 9.85. The molecule has 27 heavy (non-hydrogen) atoms. The number of carbonyl (C=O) groups excluding carboxylic acids is 2. The van der Waals surface area contributed by atoms with Crippen LogP contribution in [0.3, 0.4) is 0 Å². The smallest absolute Gasteiger partial charge is 0.327 e. The molecule has 3 rings (SSSR count). The molecule has 150 valence electrons. The van der Waals surface area contributed by atoms with Crippen LogP contribution in [0.15, 0.2) is 6.20 Å². The van der Waals surface area contributed by atoms with Crippen LogP contribution in [0.2, 0.25) is 0 Å². The fourth-order valence-electron chi connectivity index (χ4n) is 4.13. The number of ether oxygens (including phenoxy) is 1. The van der Waals surface area contributed by atoms with E-state index in [0.29, 0.717) is 26.0 Å². The number of carbonyl (C=O) groups is 2. The number of aromatic nitrogens is 2. The molecule has 3 amide bonds. The van der Waals surface area contributed by atoms with Crippen molar-refractivity contribution < 1.29 is 14.3 Å². The summed E-state index contributed by atoms with van der Waals surface area (Å²) in [6, 6.07) is -0.209. The van der Waals surface area contributed by atoms with Crippen LogP contribution in [0, 0.1) is 0 Å². The number of hydrogen-bond donors (Lipinski definition) is 1. The lowest BCUT2D eigenvalue weighted by Gasteiger charge is -2.42. The summed E-state index contributed by atoms with van der Waals surface area (Å²) < 4.78 is 5.14. The molecule has 2 aliphatic heterocycles. The lowest BCUT2D eigenvalue weighted by atomic mass is 9.86. The largest absolute Gasteiger partial charge is 0.383 e. The number of amides is 3. The van der Waals surface area contributed by atoms with E-state index >= 15 is 0 Å². The number of nitrogens with zero attached hydrogens (tertiary/aromatic N) is 4. The van der Waals surface area contributed by atoms with E-state index in [0.717, 1.165) is 50.4 Å². The van der Waals surface area contributed by atoms with E-state index < -0.39 is 5.54 Å². The number of urea groups is 1. The third kappa shape index (κ3) is 3.87. The number of rotatable bonds is 8. The molecule has 1 aromatic rings. The molecule has 1 spiro atoms. The molecule has 2 saturated heterocycles. The second-order valence-corrected chi connectivity index (χ2v) is 7.56. The summed E-state index contributed by atoms with van der Waals surface area (Å²) in [6.45, 7) is 5.42. The number of methoxy groups -OCH3 is 1. The highest BCUT2D eigenvalue weighted by atomic mass is 16.5. The predicted molar refractivity (Wildman–Crippen MR) is 101 cm³/mol. The van der Waals surface area contributed by atoms with Gasteiger partial charge < -0.3 is 14.6 Å². The SMILES string of the molecule is CCCCc1ncc(CN2CCC3(CC2)C(=O)N(C)C(=O)N3CCOC)[nH]1. The van der Waals surface area contributed by atoms with Crippen LogP contribution in [-0.4, -0.2) is 82.5 Å². The molecule has 0 atom stereocenters. The highest BCUT2D eigenvalue weighted by Gasteiger charge is 2.56. The van der Waals surface area contributed by atoms with Crippen LogP contribution in [0.25, 0.3) is 0 Å². The zero-order valence-corrected chi connectivity index (χ0v) is 16.7. The Morgan fingerprint density at radius 2 is 2.04 bits per heavy atom. The molecule has 2 aliphatic rings. The number of unbranched alkanes of at least 4 members (excludes halogenated alkanes) is 1. The van der Waals surface area contributed by atoms with E-state index in [9.17, 15) is 9.59 Å². The Balaban J connectivity index is 1.62. The van der Waals surface area contributed by atoms with E-state index in [1.807, 2.05) is 6.20 Å². The lowest BCUT2D eigenvalue weighted by Crippen LogP contribution is -2.57. The van der Waals surface area contributed by atoms with Crippen molar-refractivity contribution in [2.24, 2.45) is 0 Å². The topological polar surface area (TPSA) is 81.8 Å². The number of likely N-dealkylation sites (tertiary alicyclic amines) is 1. The maximum atomic E-state index is 12.8. The zero-order valence-electron chi connectivity index (χ0n) is 16.7. The minimum Gasteiger partial charge on any atom is -0.383 e. The molecule has 0 aliphatic carbocycles. The third-order valence-corrected chi connectivity index (χ3v) is 5.78. The number of nitrogens with one attached hydrogen (secondary N) is 1. The molecule has 0 bridgehead atoms. The first-order valence-corrected chi connectivity index (χ1v) is 9.85. The Kier molecular flexibility index (Phi) is 6.16. The third-order valence-electron chi connectivity index (χ3n) is 5.78. The van der Waals surface area contributed by atoms with E-state index in [2.05, 4.69) is 21.8 Å². The number of aryl methyl sites for hydroxylation is 1. The van der Waals surface area contributed by atoms with E-state index in [4.69, 9.17) is 4.74 Å². The molecule has 8 heteroatoms. The fourth-order valence-corrected chi connectivity index (χ4v) is 4.13. The van der Waals surface area contributed by atoms with Gasteiger partial charge in [-0.3, -0.25) is 14.6 Å². The van der Waals surface area contributed by atoms with Gasteiger partial charge in [0, 0.05) is 58.6 Å². The highest BCUT2D eigenvalue weighted by molar-refractivity contribution is 6.06. The Morgan fingerprint density at radius 3 is 2.70 bits per heavy atom. The average Bonchev–Trinajstić information content (AvgIpc) is 3.19. The number of piperidine rings is 1. The van der Waals surface area contributed by atoms with Gasteiger partial charge in [0.2, 0.25) is 0 Å². The van der Waals surface area contributed by atoms with Gasteiger partial charge in [0.05, 0.1) is 6.61 Å².